The zero-order chi connectivity index (χ0) is 24.5. The number of sulfonamides is 1. The summed E-state index contributed by atoms with van der Waals surface area (Å²) in [5.74, 6) is 0. The van der Waals surface area contributed by atoms with E-state index in [9.17, 15) is 18.5 Å². The summed E-state index contributed by atoms with van der Waals surface area (Å²) in [5.41, 5.74) is 5.54. The monoisotopic (exact) mass is 485 g/mol. The molecular weight excluding hydrogens is 458 g/mol. The molecule has 10 nitrogen and oxygen atoms in total. The number of ether oxygens (including phenoxy) is 1. The second kappa shape index (κ2) is 9.16. The fourth-order valence-electron chi connectivity index (χ4n) is 4.37. The van der Waals surface area contributed by atoms with Crippen LogP contribution >= 0.6 is 0 Å². The highest BCUT2D eigenvalue weighted by atomic mass is 32.2. The smallest absolute Gasteiger partial charge is 0.295 e. The largest absolute Gasteiger partial charge is 0.379 e. The average molecular weight is 486 g/mol. The molecule has 0 spiro atoms. The van der Waals surface area contributed by atoms with Crippen molar-refractivity contribution in [1.82, 2.24) is 4.31 Å². The van der Waals surface area contributed by atoms with Gasteiger partial charge in [0.05, 0.1) is 23.0 Å². The number of nitrogens with one attached hydrogen (secondary N) is 1. The highest BCUT2D eigenvalue weighted by Gasteiger charge is 2.37. The van der Waals surface area contributed by atoms with Crippen LogP contribution in [-0.4, -0.2) is 57.2 Å². The molecule has 2 heterocycles. The Morgan fingerprint density at radius 3 is 2.56 bits per heavy atom. The number of anilines is 2. The number of para-hydroxylation sites is 1. The molecular formula is C23H27N5O5S. The van der Waals surface area contributed by atoms with Gasteiger partial charge in [-0.1, -0.05) is 32.0 Å². The van der Waals surface area contributed by atoms with Gasteiger partial charge in [-0.25, -0.2) is 8.42 Å². The number of likely N-dealkylation sites (N-methyl/N-ethyl adjacent to an activating group) is 1. The van der Waals surface area contributed by atoms with Crippen molar-refractivity contribution in [2.45, 2.75) is 24.2 Å². The van der Waals surface area contributed by atoms with E-state index in [0.717, 1.165) is 17.5 Å². The number of nitrogens with zero attached hydrogens (tertiary/aromatic N) is 4. The molecule has 0 radical (unpaired) electrons. The Balaban J connectivity index is 1.55. The van der Waals surface area contributed by atoms with E-state index in [1.807, 2.05) is 25.3 Å². The van der Waals surface area contributed by atoms with Crippen LogP contribution in [0, 0.1) is 10.1 Å². The van der Waals surface area contributed by atoms with Gasteiger partial charge in [0.2, 0.25) is 10.0 Å². The SMILES string of the molecule is CN1C(=CC=NNc2ccc(S(=O)(=O)N3CCOCC3)cc2[N+](=O)[O-])C(C)(C)c2ccccc21. The molecule has 0 amide bonds. The normalized spacial score (nSPS) is 19.5. The summed E-state index contributed by atoms with van der Waals surface area (Å²) in [6, 6.07) is 11.9. The number of benzene rings is 2. The Kier molecular flexibility index (Phi) is 6.43. The second-order valence-corrected chi connectivity index (χ2v) is 10.5. The highest BCUT2D eigenvalue weighted by Crippen LogP contribution is 2.46. The van der Waals surface area contributed by atoms with Gasteiger partial charge in [0, 0.05) is 49.2 Å². The van der Waals surface area contributed by atoms with Crippen LogP contribution in [0.2, 0.25) is 0 Å². The Bertz CT molecular complexity index is 1270. The molecule has 1 fully saturated rings. The molecule has 0 aliphatic carbocycles. The topological polar surface area (TPSA) is 117 Å². The molecule has 1 N–H and O–H groups in total. The van der Waals surface area contributed by atoms with Crippen LogP contribution < -0.4 is 10.3 Å². The van der Waals surface area contributed by atoms with Crippen molar-refractivity contribution in [3.05, 3.63) is 69.9 Å². The van der Waals surface area contributed by atoms with E-state index >= 15 is 0 Å². The first-order chi connectivity index (χ1) is 16.1. The third kappa shape index (κ3) is 4.29. The highest BCUT2D eigenvalue weighted by molar-refractivity contribution is 7.89. The summed E-state index contributed by atoms with van der Waals surface area (Å²) >= 11 is 0. The molecule has 2 aromatic rings. The van der Waals surface area contributed by atoms with Crippen LogP contribution in [0.3, 0.4) is 0 Å². The van der Waals surface area contributed by atoms with Crippen molar-refractivity contribution in [3.63, 3.8) is 0 Å². The number of nitro groups is 1. The van der Waals surface area contributed by atoms with Gasteiger partial charge in [0.25, 0.3) is 5.69 Å². The predicted octanol–water partition coefficient (Wildman–Crippen LogP) is 3.32. The van der Waals surface area contributed by atoms with E-state index in [2.05, 4.69) is 41.4 Å². The molecule has 0 saturated carbocycles. The third-order valence-electron chi connectivity index (χ3n) is 6.21. The lowest BCUT2D eigenvalue weighted by atomic mass is 9.84. The van der Waals surface area contributed by atoms with Gasteiger partial charge in [-0.05, 0) is 29.8 Å². The number of hydrogen-bond acceptors (Lipinski definition) is 8. The first-order valence-corrected chi connectivity index (χ1v) is 12.3. The lowest BCUT2D eigenvalue weighted by molar-refractivity contribution is -0.384. The lowest BCUT2D eigenvalue weighted by Crippen LogP contribution is -2.40. The van der Waals surface area contributed by atoms with Crippen LogP contribution in [0.1, 0.15) is 19.4 Å². The van der Waals surface area contributed by atoms with Gasteiger partial charge >= 0.3 is 0 Å². The van der Waals surface area contributed by atoms with E-state index in [1.54, 1.807) is 6.21 Å². The van der Waals surface area contributed by atoms with Crippen molar-refractivity contribution < 1.29 is 18.1 Å². The summed E-state index contributed by atoms with van der Waals surface area (Å²) < 4.78 is 32.2. The van der Waals surface area contributed by atoms with Crippen LogP contribution in [0.25, 0.3) is 0 Å². The van der Waals surface area contributed by atoms with Gasteiger partial charge in [0.15, 0.2) is 0 Å². The Morgan fingerprint density at radius 1 is 1.18 bits per heavy atom. The van der Waals surface area contributed by atoms with Gasteiger partial charge in [-0.3, -0.25) is 15.5 Å². The standard InChI is InChI=1S/C23H27N5O5S/c1-23(2)18-6-4-5-7-20(18)26(3)22(23)10-11-24-25-19-9-8-17(16-21(19)28(29)30)34(31,32)27-12-14-33-15-13-27/h4-11,16,25H,12-15H2,1-3H3. The molecule has 2 aliphatic rings. The molecule has 0 unspecified atom stereocenters. The minimum absolute atomic E-state index is 0.0999. The number of allylic oxidation sites excluding steroid dienone is 2. The number of fused-ring (bicyclic) bond motifs is 1. The van der Waals surface area contributed by atoms with E-state index in [-0.39, 0.29) is 34.8 Å². The van der Waals surface area contributed by atoms with E-state index < -0.39 is 14.9 Å². The first-order valence-electron chi connectivity index (χ1n) is 10.8. The van der Waals surface area contributed by atoms with Crippen LogP contribution in [0.15, 0.2) is 64.2 Å². The van der Waals surface area contributed by atoms with Gasteiger partial charge in [-0.15, -0.1) is 0 Å². The Morgan fingerprint density at radius 2 is 1.88 bits per heavy atom. The average Bonchev–Trinajstić information content (AvgIpc) is 3.02. The number of rotatable bonds is 6. The van der Waals surface area contributed by atoms with Crippen molar-refractivity contribution in [2.75, 3.05) is 43.7 Å². The number of hydrogen-bond donors (Lipinski definition) is 1. The van der Waals surface area contributed by atoms with Gasteiger partial charge in [0.1, 0.15) is 5.69 Å². The maximum atomic E-state index is 12.9. The molecule has 2 aliphatic heterocycles. The van der Waals surface area contributed by atoms with Crippen molar-refractivity contribution >= 4 is 33.3 Å². The van der Waals surface area contributed by atoms with E-state index in [1.165, 1.54) is 22.0 Å². The van der Waals surface area contributed by atoms with Crippen molar-refractivity contribution in [2.24, 2.45) is 5.10 Å². The molecule has 0 aromatic heterocycles. The molecule has 1 saturated heterocycles. The number of hydrazone groups is 1. The summed E-state index contributed by atoms with van der Waals surface area (Å²) in [6.07, 6.45) is 3.40. The van der Waals surface area contributed by atoms with Gasteiger partial charge < -0.3 is 9.64 Å². The van der Waals surface area contributed by atoms with Crippen molar-refractivity contribution in [1.29, 1.82) is 0 Å². The van der Waals surface area contributed by atoms with Crippen LogP contribution in [0.5, 0.6) is 0 Å². The number of nitro benzene ring substituents is 1. The fraction of sp³-hybridized carbons (Fsp3) is 0.348. The number of morpholine rings is 1. The Hall–Kier alpha value is -3.28. The lowest BCUT2D eigenvalue weighted by Gasteiger charge is -2.26. The zero-order valence-electron chi connectivity index (χ0n) is 19.3. The summed E-state index contributed by atoms with van der Waals surface area (Å²) in [7, 11) is -1.86. The van der Waals surface area contributed by atoms with Crippen molar-refractivity contribution in [3.8, 4) is 0 Å². The molecule has 2 aromatic carbocycles. The fourth-order valence-corrected chi connectivity index (χ4v) is 5.80. The van der Waals surface area contributed by atoms with E-state index in [4.69, 9.17) is 4.74 Å². The summed E-state index contributed by atoms with van der Waals surface area (Å²) in [5, 5.41) is 15.8. The maximum Gasteiger partial charge on any atom is 0.295 e. The van der Waals surface area contributed by atoms with Crippen LogP contribution in [-0.2, 0) is 20.2 Å². The molecule has 0 bridgehead atoms. The molecule has 11 heteroatoms. The van der Waals surface area contributed by atoms with Crippen LogP contribution in [0.4, 0.5) is 17.1 Å². The summed E-state index contributed by atoms with van der Waals surface area (Å²) in [4.78, 5) is 13.0. The first kappa shape index (κ1) is 23.9. The maximum absolute atomic E-state index is 12.9. The molecule has 4 rings (SSSR count). The molecule has 180 valence electrons. The zero-order valence-corrected chi connectivity index (χ0v) is 20.1. The minimum Gasteiger partial charge on any atom is -0.379 e. The summed E-state index contributed by atoms with van der Waals surface area (Å²) in [6.45, 7) is 5.26. The Labute approximate surface area is 198 Å². The van der Waals surface area contributed by atoms with E-state index in [0.29, 0.717) is 13.2 Å². The quantitative estimate of drug-likeness (QED) is 0.379. The second-order valence-electron chi connectivity index (χ2n) is 8.60. The molecule has 0 atom stereocenters. The third-order valence-corrected chi connectivity index (χ3v) is 8.10. The van der Waals surface area contributed by atoms with Gasteiger partial charge in [-0.2, -0.15) is 9.41 Å². The predicted molar refractivity (Wildman–Crippen MR) is 131 cm³/mol. The minimum atomic E-state index is -3.85. The molecule has 34 heavy (non-hydrogen) atoms.